The molecule has 1 aromatic carbocycles. The summed E-state index contributed by atoms with van der Waals surface area (Å²) in [4.78, 5) is 15.9. The minimum Gasteiger partial charge on any atom is -0.481 e. The van der Waals surface area contributed by atoms with Crippen LogP contribution in [0.1, 0.15) is 10.4 Å². The molecule has 98 valence electrons. The van der Waals surface area contributed by atoms with Gasteiger partial charge in [-0.05, 0) is 12.1 Å². The van der Waals surface area contributed by atoms with Gasteiger partial charge in [0.2, 0.25) is 5.88 Å². The molecule has 1 heterocycles. The van der Waals surface area contributed by atoms with Gasteiger partial charge < -0.3 is 15.2 Å². The summed E-state index contributed by atoms with van der Waals surface area (Å²) in [5, 5.41) is 0. The third-order valence-corrected chi connectivity index (χ3v) is 2.67. The molecule has 2 aromatic rings. The second kappa shape index (κ2) is 5.39. The molecule has 0 spiro atoms. The number of aromatic nitrogens is 1. The molecule has 0 atom stereocenters. The number of carbonyl (C=O) groups is 1. The van der Waals surface area contributed by atoms with Crippen LogP contribution in [-0.4, -0.2) is 25.2 Å². The first kappa shape index (κ1) is 12.9. The summed E-state index contributed by atoms with van der Waals surface area (Å²) in [6, 6.07) is 10.4. The summed E-state index contributed by atoms with van der Waals surface area (Å²) < 4.78 is 9.80. The number of hydrogen-bond acceptors (Lipinski definition) is 5. The molecule has 5 nitrogen and oxygen atoms in total. The topological polar surface area (TPSA) is 74.4 Å². The highest BCUT2D eigenvalue weighted by atomic mass is 16.5. The molecule has 0 aliphatic rings. The number of esters is 1. The minimum atomic E-state index is -0.448. The maximum absolute atomic E-state index is 11.6. The van der Waals surface area contributed by atoms with Crippen LogP contribution >= 0.6 is 0 Å². The van der Waals surface area contributed by atoms with E-state index in [1.54, 1.807) is 12.1 Å². The first-order valence-electron chi connectivity index (χ1n) is 5.65. The minimum absolute atomic E-state index is 0.334. The van der Waals surface area contributed by atoms with E-state index in [-0.39, 0.29) is 0 Å². The Morgan fingerprint density at radius 2 is 1.95 bits per heavy atom. The second-order valence-electron chi connectivity index (χ2n) is 3.86. The van der Waals surface area contributed by atoms with Crippen LogP contribution in [-0.2, 0) is 4.74 Å². The van der Waals surface area contributed by atoms with Gasteiger partial charge in [-0.25, -0.2) is 9.78 Å². The van der Waals surface area contributed by atoms with Crippen LogP contribution in [0.5, 0.6) is 5.88 Å². The Bertz CT molecular complexity index is 611. The number of benzene rings is 1. The number of anilines is 1. The molecule has 2 N–H and O–H groups in total. The Morgan fingerprint density at radius 3 is 2.58 bits per heavy atom. The van der Waals surface area contributed by atoms with E-state index in [0.717, 1.165) is 5.56 Å². The molecule has 0 aliphatic carbocycles. The van der Waals surface area contributed by atoms with E-state index in [1.807, 2.05) is 18.2 Å². The summed E-state index contributed by atoms with van der Waals surface area (Å²) in [6.07, 6.45) is 0. The first-order chi connectivity index (χ1) is 9.15. The number of pyridine rings is 1. The van der Waals surface area contributed by atoms with Crippen molar-refractivity contribution in [1.82, 2.24) is 4.98 Å². The molecule has 0 unspecified atom stereocenters. The number of rotatable bonds is 3. The molecule has 0 radical (unpaired) electrons. The molecule has 1 aromatic heterocycles. The van der Waals surface area contributed by atoms with Crippen molar-refractivity contribution in [2.45, 2.75) is 0 Å². The molecular weight excluding hydrogens is 244 g/mol. The lowest BCUT2D eigenvalue weighted by molar-refractivity contribution is 0.0600. The SMILES string of the molecule is COC(=O)c1cc(OC)nc(-c2ccccc2N)c1. The normalized spacial score (nSPS) is 10.0. The van der Waals surface area contributed by atoms with E-state index in [4.69, 9.17) is 15.2 Å². The van der Waals surface area contributed by atoms with Crippen molar-refractivity contribution in [1.29, 1.82) is 0 Å². The zero-order valence-electron chi connectivity index (χ0n) is 10.7. The van der Waals surface area contributed by atoms with Gasteiger partial charge in [-0.1, -0.05) is 18.2 Å². The molecular formula is C14H14N2O3. The van der Waals surface area contributed by atoms with Crippen LogP contribution in [0, 0.1) is 0 Å². The van der Waals surface area contributed by atoms with Crippen LogP contribution in [0.3, 0.4) is 0 Å². The van der Waals surface area contributed by atoms with Gasteiger partial charge in [-0.3, -0.25) is 0 Å². The fourth-order valence-corrected chi connectivity index (χ4v) is 1.71. The molecule has 0 aliphatic heterocycles. The van der Waals surface area contributed by atoms with E-state index < -0.39 is 5.97 Å². The zero-order chi connectivity index (χ0) is 13.8. The molecule has 0 saturated carbocycles. The van der Waals surface area contributed by atoms with E-state index in [1.165, 1.54) is 20.3 Å². The number of methoxy groups -OCH3 is 2. The van der Waals surface area contributed by atoms with E-state index in [9.17, 15) is 4.79 Å². The van der Waals surface area contributed by atoms with Crippen molar-refractivity contribution in [3.63, 3.8) is 0 Å². The van der Waals surface area contributed by atoms with Crippen LogP contribution in [0.2, 0.25) is 0 Å². The number of hydrogen-bond donors (Lipinski definition) is 1. The molecule has 0 saturated heterocycles. The Kier molecular flexibility index (Phi) is 3.66. The summed E-state index contributed by atoms with van der Waals surface area (Å²) in [5.41, 5.74) is 8.17. The standard InChI is InChI=1S/C14H14N2O3/c1-18-13-8-9(14(17)19-2)7-12(16-13)10-5-3-4-6-11(10)15/h3-8H,15H2,1-2H3. The summed E-state index contributed by atoms with van der Waals surface area (Å²) in [7, 11) is 2.81. The first-order valence-corrected chi connectivity index (χ1v) is 5.65. The van der Waals surface area contributed by atoms with Crippen LogP contribution in [0.15, 0.2) is 36.4 Å². The van der Waals surface area contributed by atoms with Gasteiger partial charge in [-0.15, -0.1) is 0 Å². The molecule has 0 bridgehead atoms. The van der Waals surface area contributed by atoms with Crippen molar-refractivity contribution in [2.24, 2.45) is 0 Å². The second-order valence-corrected chi connectivity index (χ2v) is 3.86. The Morgan fingerprint density at radius 1 is 1.21 bits per heavy atom. The third kappa shape index (κ3) is 2.65. The lowest BCUT2D eigenvalue weighted by Crippen LogP contribution is -2.04. The number of nitrogen functional groups attached to an aromatic ring is 1. The van der Waals surface area contributed by atoms with Gasteiger partial charge in [0.1, 0.15) is 0 Å². The average Bonchev–Trinajstić information content (AvgIpc) is 2.46. The Balaban J connectivity index is 2.57. The fourth-order valence-electron chi connectivity index (χ4n) is 1.71. The Labute approximate surface area is 111 Å². The number of ether oxygens (including phenoxy) is 2. The summed E-state index contributed by atoms with van der Waals surface area (Å²) >= 11 is 0. The van der Waals surface area contributed by atoms with E-state index >= 15 is 0 Å². The zero-order valence-corrected chi connectivity index (χ0v) is 10.7. The lowest BCUT2D eigenvalue weighted by Gasteiger charge is -2.09. The summed E-state index contributed by atoms with van der Waals surface area (Å²) in [6.45, 7) is 0. The van der Waals surface area contributed by atoms with Gasteiger partial charge in [0.15, 0.2) is 0 Å². The van der Waals surface area contributed by atoms with Crippen molar-refractivity contribution in [3.8, 4) is 17.1 Å². The molecule has 19 heavy (non-hydrogen) atoms. The maximum Gasteiger partial charge on any atom is 0.338 e. The number of carbonyl (C=O) groups excluding carboxylic acids is 1. The highest BCUT2D eigenvalue weighted by molar-refractivity contribution is 5.91. The smallest absolute Gasteiger partial charge is 0.338 e. The fraction of sp³-hybridized carbons (Fsp3) is 0.143. The predicted octanol–water partition coefficient (Wildman–Crippen LogP) is 2.13. The number of nitrogens with zero attached hydrogens (tertiary/aromatic N) is 1. The predicted molar refractivity (Wildman–Crippen MR) is 72.0 cm³/mol. The van der Waals surface area contributed by atoms with E-state index in [2.05, 4.69) is 4.98 Å². The largest absolute Gasteiger partial charge is 0.481 e. The van der Waals surface area contributed by atoms with Crippen molar-refractivity contribution in [3.05, 3.63) is 42.0 Å². The van der Waals surface area contributed by atoms with Crippen LogP contribution in [0.25, 0.3) is 11.3 Å². The van der Waals surface area contributed by atoms with Gasteiger partial charge in [0.05, 0.1) is 25.5 Å². The Hall–Kier alpha value is -2.56. The number of nitrogens with two attached hydrogens (primary N) is 1. The van der Waals surface area contributed by atoms with Crippen molar-refractivity contribution in [2.75, 3.05) is 20.0 Å². The quantitative estimate of drug-likeness (QED) is 0.674. The maximum atomic E-state index is 11.6. The molecule has 0 fully saturated rings. The lowest BCUT2D eigenvalue weighted by atomic mass is 10.1. The van der Waals surface area contributed by atoms with Crippen LogP contribution in [0.4, 0.5) is 5.69 Å². The van der Waals surface area contributed by atoms with Gasteiger partial charge >= 0.3 is 5.97 Å². The molecule has 2 rings (SSSR count). The van der Waals surface area contributed by atoms with Gasteiger partial charge in [0.25, 0.3) is 0 Å². The highest BCUT2D eigenvalue weighted by Crippen LogP contribution is 2.27. The monoisotopic (exact) mass is 258 g/mol. The average molecular weight is 258 g/mol. The van der Waals surface area contributed by atoms with Crippen LogP contribution < -0.4 is 10.5 Å². The molecule has 5 heteroatoms. The highest BCUT2D eigenvalue weighted by Gasteiger charge is 2.12. The van der Waals surface area contributed by atoms with Crippen molar-refractivity contribution >= 4 is 11.7 Å². The molecule has 0 amide bonds. The third-order valence-electron chi connectivity index (χ3n) is 2.67. The van der Waals surface area contributed by atoms with E-state index in [0.29, 0.717) is 22.8 Å². The summed E-state index contributed by atoms with van der Waals surface area (Å²) in [5.74, 6) is -0.113. The van der Waals surface area contributed by atoms with Crippen molar-refractivity contribution < 1.29 is 14.3 Å². The van der Waals surface area contributed by atoms with Gasteiger partial charge in [0, 0.05) is 17.3 Å². The number of para-hydroxylation sites is 1. The van der Waals surface area contributed by atoms with Gasteiger partial charge in [-0.2, -0.15) is 0 Å².